The van der Waals surface area contributed by atoms with Crippen molar-refractivity contribution in [2.45, 2.75) is 45.6 Å². The fourth-order valence-electron chi connectivity index (χ4n) is 4.81. The molecule has 0 N–H and O–H groups in total. The van der Waals surface area contributed by atoms with Crippen LogP contribution in [0.5, 0.6) is 5.75 Å². The molecule has 2 aliphatic heterocycles. The minimum atomic E-state index is -0.407. The molecule has 0 bridgehead atoms. The number of Topliss-reactive ketones (excluding diaryl/α,β-unsaturated/α-hetero) is 1. The van der Waals surface area contributed by atoms with E-state index >= 15 is 0 Å². The van der Waals surface area contributed by atoms with Crippen LogP contribution < -0.4 is 9.64 Å². The number of nitrogens with zero attached hydrogens (tertiary/aromatic N) is 3. The van der Waals surface area contributed by atoms with Crippen LogP contribution in [-0.2, 0) is 0 Å². The molecular formula is C26H27N3O2. The van der Waals surface area contributed by atoms with Gasteiger partial charge in [0.2, 0.25) is 0 Å². The Morgan fingerprint density at radius 3 is 2.32 bits per heavy atom. The zero-order valence-corrected chi connectivity index (χ0v) is 18.3. The average molecular weight is 414 g/mol. The molecule has 2 aromatic carbocycles. The molecule has 1 saturated heterocycles. The lowest BCUT2D eigenvalue weighted by Crippen LogP contribution is -2.51. The fourth-order valence-corrected chi connectivity index (χ4v) is 4.81. The topological polar surface area (TPSA) is 55.3 Å². The molecule has 0 amide bonds. The maximum atomic E-state index is 12.9. The first-order chi connectivity index (χ1) is 14.9. The largest absolute Gasteiger partial charge is 0.486 e. The number of aryl methyl sites for hydroxylation is 3. The molecule has 3 aromatic rings. The van der Waals surface area contributed by atoms with Gasteiger partial charge in [0.1, 0.15) is 11.4 Å². The number of carbonyl (C=O) groups excluding carboxylic acids is 1. The SMILES string of the molecule is Cc1ccc(-c2ccc(N3CCC4(CC3)CC(=O)c3c(C)cc(C)cc3O4)nn2)cc1. The van der Waals surface area contributed by atoms with E-state index in [1.807, 2.05) is 32.0 Å². The molecule has 1 spiro atoms. The number of ketones is 1. The molecule has 0 atom stereocenters. The Kier molecular flexibility index (Phi) is 4.77. The minimum Gasteiger partial charge on any atom is -0.486 e. The van der Waals surface area contributed by atoms with Gasteiger partial charge in [0.05, 0.1) is 17.7 Å². The number of anilines is 1. The third-order valence-electron chi connectivity index (χ3n) is 6.53. The molecule has 3 heterocycles. The molecule has 2 aliphatic rings. The Morgan fingerprint density at radius 2 is 1.65 bits per heavy atom. The van der Waals surface area contributed by atoms with Gasteiger partial charge in [-0.1, -0.05) is 35.9 Å². The van der Waals surface area contributed by atoms with Crippen LogP contribution in [0.25, 0.3) is 11.3 Å². The molecule has 1 aromatic heterocycles. The van der Waals surface area contributed by atoms with Gasteiger partial charge in [-0.3, -0.25) is 4.79 Å². The normalized spacial score (nSPS) is 17.4. The standard InChI is InChI=1S/C26H27N3O2/c1-17-4-6-20(7-5-17)21-8-9-24(28-27-21)29-12-10-26(11-13-29)16-22(30)25-19(3)14-18(2)15-23(25)31-26/h4-9,14-15H,10-13,16H2,1-3H3. The third kappa shape index (κ3) is 3.69. The highest BCUT2D eigenvalue weighted by atomic mass is 16.5. The number of rotatable bonds is 2. The Bertz CT molecular complexity index is 1130. The van der Waals surface area contributed by atoms with Crippen molar-refractivity contribution in [3.63, 3.8) is 0 Å². The lowest BCUT2D eigenvalue weighted by Gasteiger charge is -2.44. The second-order valence-electron chi connectivity index (χ2n) is 8.97. The molecule has 1 fully saturated rings. The maximum absolute atomic E-state index is 12.9. The summed E-state index contributed by atoms with van der Waals surface area (Å²) in [7, 11) is 0. The first-order valence-electron chi connectivity index (χ1n) is 10.9. The smallest absolute Gasteiger partial charge is 0.170 e. The van der Waals surface area contributed by atoms with Crippen LogP contribution in [-0.4, -0.2) is 34.7 Å². The molecule has 0 radical (unpaired) electrons. The first-order valence-corrected chi connectivity index (χ1v) is 10.9. The second-order valence-corrected chi connectivity index (χ2v) is 8.97. The summed E-state index contributed by atoms with van der Waals surface area (Å²) in [5.41, 5.74) is 5.67. The van der Waals surface area contributed by atoms with Gasteiger partial charge < -0.3 is 9.64 Å². The number of benzene rings is 2. The quantitative estimate of drug-likeness (QED) is 0.587. The number of aromatic nitrogens is 2. The van der Waals surface area contributed by atoms with Crippen molar-refractivity contribution in [1.29, 1.82) is 0 Å². The fraction of sp³-hybridized carbons (Fsp3) is 0.346. The van der Waals surface area contributed by atoms with E-state index in [2.05, 4.69) is 52.4 Å². The molecule has 5 heteroatoms. The predicted octanol–water partition coefficient (Wildman–Crippen LogP) is 5.07. The summed E-state index contributed by atoms with van der Waals surface area (Å²) in [6.07, 6.45) is 2.05. The monoisotopic (exact) mass is 413 g/mol. The van der Waals surface area contributed by atoms with Crippen molar-refractivity contribution in [3.05, 3.63) is 70.8 Å². The Labute approximate surface area is 183 Å². The zero-order chi connectivity index (χ0) is 21.6. The summed E-state index contributed by atoms with van der Waals surface area (Å²) < 4.78 is 6.48. The number of hydrogen-bond acceptors (Lipinski definition) is 5. The maximum Gasteiger partial charge on any atom is 0.170 e. The van der Waals surface area contributed by atoms with Crippen LogP contribution in [0.3, 0.4) is 0 Å². The number of ether oxygens (including phenoxy) is 1. The highest BCUT2D eigenvalue weighted by molar-refractivity contribution is 6.01. The van der Waals surface area contributed by atoms with E-state index < -0.39 is 5.60 Å². The van der Waals surface area contributed by atoms with Gasteiger partial charge in [0.15, 0.2) is 11.6 Å². The van der Waals surface area contributed by atoms with E-state index in [9.17, 15) is 4.79 Å². The summed E-state index contributed by atoms with van der Waals surface area (Å²) in [4.78, 5) is 15.2. The zero-order valence-electron chi connectivity index (χ0n) is 18.3. The molecular weight excluding hydrogens is 386 g/mol. The Balaban J connectivity index is 1.30. The molecule has 31 heavy (non-hydrogen) atoms. The van der Waals surface area contributed by atoms with Gasteiger partial charge in [0.25, 0.3) is 0 Å². The van der Waals surface area contributed by atoms with Crippen molar-refractivity contribution < 1.29 is 9.53 Å². The van der Waals surface area contributed by atoms with Crippen LogP contribution in [0.1, 0.15) is 46.3 Å². The van der Waals surface area contributed by atoms with Crippen molar-refractivity contribution in [2.75, 3.05) is 18.0 Å². The van der Waals surface area contributed by atoms with E-state index in [0.29, 0.717) is 6.42 Å². The minimum absolute atomic E-state index is 0.203. The van der Waals surface area contributed by atoms with Gasteiger partial charge in [0, 0.05) is 31.5 Å². The number of hydrogen-bond donors (Lipinski definition) is 0. The van der Waals surface area contributed by atoms with Gasteiger partial charge in [-0.15, -0.1) is 10.2 Å². The summed E-state index contributed by atoms with van der Waals surface area (Å²) in [6.45, 7) is 7.71. The van der Waals surface area contributed by atoms with Crippen molar-refractivity contribution in [1.82, 2.24) is 10.2 Å². The average Bonchev–Trinajstić information content (AvgIpc) is 2.74. The van der Waals surface area contributed by atoms with Crippen LogP contribution in [0, 0.1) is 20.8 Å². The number of piperidine rings is 1. The summed E-state index contributed by atoms with van der Waals surface area (Å²) in [5, 5.41) is 8.92. The van der Waals surface area contributed by atoms with Gasteiger partial charge in [-0.25, -0.2) is 0 Å². The van der Waals surface area contributed by atoms with Crippen LogP contribution in [0.15, 0.2) is 48.5 Å². The molecule has 0 unspecified atom stereocenters. The summed E-state index contributed by atoms with van der Waals surface area (Å²) in [6, 6.07) is 16.4. The van der Waals surface area contributed by atoms with Gasteiger partial charge >= 0.3 is 0 Å². The summed E-state index contributed by atoms with van der Waals surface area (Å²) in [5.74, 6) is 1.83. The van der Waals surface area contributed by atoms with E-state index in [0.717, 1.165) is 65.4 Å². The highest BCUT2D eigenvalue weighted by Crippen LogP contribution is 2.41. The van der Waals surface area contributed by atoms with Crippen LogP contribution in [0.4, 0.5) is 5.82 Å². The molecule has 5 nitrogen and oxygen atoms in total. The second kappa shape index (κ2) is 7.49. The van der Waals surface area contributed by atoms with Crippen LogP contribution in [0.2, 0.25) is 0 Å². The van der Waals surface area contributed by atoms with Crippen molar-refractivity contribution in [3.8, 4) is 17.0 Å². The van der Waals surface area contributed by atoms with Crippen LogP contribution >= 0.6 is 0 Å². The Hall–Kier alpha value is -3.21. The molecule has 5 rings (SSSR count). The van der Waals surface area contributed by atoms with Crippen molar-refractivity contribution in [2.24, 2.45) is 0 Å². The molecule has 0 saturated carbocycles. The van der Waals surface area contributed by atoms with E-state index in [4.69, 9.17) is 4.74 Å². The number of carbonyl (C=O) groups is 1. The Morgan fingerprint density at radius 1 is 0.903 bits per heavy atom. The van der Waals surface area contributed by atoms with E-state index in [-0.39, 0.29) is 5.78 Å². The molecule has 0 aliphatic carbocycles. The number of fused-ring (bicyclic) bond motifs is 1. The molecule has 158 valence electrons. The predicted molar refractivity (Wildman–Crippen MR) is 122 cm³/mol. The highest BCUT2D eigenvalue weighted by Gasteiger charge is 2.43. The lowest BCUT2D eigenvalue weighted by molar-refractivity contribution is 0.0229. The first kappa shape index (κ1) is 19.7. The third-order valence-corrected chi connectivity index (χ3v) is 6.53. The summed E-state index contributed by atoms with van der Waals surface area (Å²) >= 11 is 0. The van der Waals surface area contributed by atoms with E-state index in [1.165, 1.54) is 5.56 Å². The van der Waals surface area contributed by atoms with E-state index in [1.54, 1.807) is 0 Å². The van der Waals surface area contributed by atoms with Crippen molar-refractivity contribution >= 4 is 11.6 Å². The van der Waals surface area contributed by atoms with Gasteiger partial charge in [-0.2, -0.15) is 0 Å². The lowest BCUT2D eigenvalue weighted by atomic mass is 9.81. The van der Waals surface area contributed by atoms with Gasteiger partial charge in [-0.05, 0) is 50.1 Å².